The van der Waals surface area contributed by atoms with E-state index in [0.717, 1.165) is 19.4 Å². The molecule has 2 nitrogen and oxygen atoms in total. The minimum Gasteiger partial charge on any atom is -0.383 e. The topological polar surface area (TPSA) is 21.3 Å². The predicted molar refractivity (Wildman–Crippen MR) is 47.1 cm³/mol. The number of nitrogens with one attached hydrogen (secondary N) is 1. The van der Waals surface area contributed by atoms with E-state index in [9.17, 15) is 0 Å². The van der Waals surface area contributed by atoms with Gasteiger partial charge in [-0.25, -0.2) is 0 Å². The Bertz CT molecular complexity index is 112. The molecule has 0 spiro atoms. The van der Waals surface area contributed by atoms with Gasteiger partial charge in [0.1, 0.15) is 0 Å². The molecule has 0 amide bonds. The Labute approximate surface area is 73.3 Å². The highest BCUT2D eigenvalue weighted by atomic mass is 35.5. The van der Waals surface area contributed by atoms with E-state index in [-0.39, 0.29) is 0 Å². The summed E-state index contributed by atoms with van der Waals surface area (Å²) in [5.74, 6) is 0. The van der Waals surface area contributed by atoms with Gasteiger partial charge in [0.2, 0.25) is 0 Å². The SMILES string of the molecule is COCC(C)NC1CC(Cl)C1. The van der Waals surface area contributed by atoms with Crippen molar-refractivity contribution >= 4 is 11.6 Å². The zero-order chi connectivity index (χ0) is 8.27. The molecule has 1 rings (SSSR count). The lowest BCUT2D eigenvalue weighted by atomic mass is 9.92. The second kappa shape index (κ2) is 4.29. The average Bonchev–Trinajstić information content (AvgIpc) is 1.85. The summed E-state index contributed by atoms with van der Waals surface area (Å²) < 4.78 is 5.00. The quantitative estimate of drug-likeness (QED) is 0.656. The van der Waals surface area contributed by atoms with Crippen molar-refractivity contribution < 1.29 is 4.74 Å². The van der Waals surface area contributed by atoms with Crippen LogP contribution in [-0.4, -0.2) is 31.2 Å². The molecule has 11 heavy (non-hydrogen) atoms. The Kier molecular flexibility index (Phi) is 3.63. The van der Waals surface area contributed by atoms with Gasteiger partial charge in [-0.1, -0.05) is 0 Å². The first-order valence-corrected chi connectivity index (χ1v) is 4.55. The maximum absolute atomic E-state index is 5.83. The monoisotopic (exact) mass is 177 g/mol. The zero-order valence-electron chi connectivity index (χ0n) is 7.14. The molecule has 1 saturated carbocycles. The number of hydrogen-bond donors (Lipinski definition) is 1. The van der Waals surface area contributed by atoms with Crippen molar-refractivity contribution in [3.05, 3.63) is 0 Å². The molecule has 1 N–H and O–H groups in total. The molecule has 1 fully saturated rings. The van der Waals surface area contributed by atoms with Crippen molar-refractivity contribution in [2.75, 3.05) is 13.7 Å². The summed E-state index contributed by atoms with van der Waals surface area (Å²) in [6.45, 7) is 2.91. The van der Waals surface area contributed by atoms with E-state index in [2.05, 4.69) is 12.2 Å². The van der Waals surface area contributed by atoms with Gasteiger partial charge in [-0.2, -0.15) is 0 Å². The molecule has 0 heterocycles. The molecule has 0 radical (unpaired) electrons. The van der Waals surface area contributed by atoms with Gasteiger partial charge in [0.15, 0.2) is 0 Å². The van der Waals surface area contributed by atoms with Gasteiger partial charge in [-0.3, -0.25) is 0 Å². The van der Waals surface area contributed by atoms with Crippen LogP contribution in [-0.2, 0) is 4.74 Å². The van der Waals surface area contributed by atoms with Crippen LogP contribution in [0.2, 0.25) is 0 Å². The molecular formula is C8H16ClNO. The Morgan fingerprint density at radius 3 is 2.73 bits per heavy atom. The minimum atomic E-state index is 0.405. The van der Waals surface area contributed by atoms with Crippen LogP contribution < -0.4 is 5.32 Å². The van der Waals surface area contributed by atoms with Gasteiger partial charge in [0.25, 0.3) is 0 Å². The molecule has 1 unspecified atom stereocenters. The second-order valence-electron chi connectivity index (χ2n) is 3.29. The van der Waals surface area contributed by atoms with E-state index in [1.807, 2.05) is 0 Å². The van der Waals surface area contributed by atoms with Crippen LogP contribution >= 0.6 is 11.6 Å². The fourth-order valence-corrected chi connectivity index (χ4v) is 1.82. The average molecular weight is 178 g/mol. The van der Waals surface area contributed by atoms with Crippen molar-refractivity contribution in [1.82, 2.24) is 5.32 Å². The fraction of sp³-hybridized carbons (Fsp3) is 1.00. The Morgan fingerprint density at radius 2 is 2.27 bits per heavy atom. The zero-order valence-corrected chi connectivity index (χ0v) is 7.90. The van der Waals surface area contributed by atoms with E-state index in [0.29, 0.717) is 17.5 Å². The van der Waals surface area contributed by atoms with Crippen LogP contribution in [0.1, 0.15) is 19.8 Å². The summed E-state index contributed by atoms with van der Waals surface area (Å²) in [6.07, 6.45) is 2.21. The highest BCUT2D eigenvalue weighted by Gasteiger charge is 2.27. The van der Waals surface area contributed by atoms with E-state index in [1.165, 1.54) is 0 Å². The van der Waals surface area contributed by atoms with Gasteiger partial charge < -0.3 is 10.1 Å². The lowest BCUT2D eigenvalue weighted by molar-refractivity contribution is 0.158. The van der Waals surface area contributed by atoms with Crippen LogP contribution in [0.3, 0.4) is 0 Å². The van der Waals surface area contributed by atoms with Crippen LogP contribution in [0.5, 0.6) is 0 Å². The van der Waals surface area contributed by atoms with Gasteiger partial charge in [0.05, 0.1) is 6.61 Å². The molecule has 1 atom stereocenters. The fourth-order valence-electron chi connectivity index (χ4n) is 1.38. The molecule has 0 aromatic carbocycles. The summed E-state index contributed by atoms with van der Waals surface area (Å²) in [7, 11) is 1.73. The van der Waals surface area contributed by atoms with Crippen molar-refractivity contribution in [3.8, 4) is 0 Å². The maximum Gasteiger partial charge on any atom is 0.0613 e. The first-order valence-electron chi connectivity index (χ1n) is 4.11. The first kappa shape index (κ1) is 9.30. The van der Waals surface area contributed by atoms with Crippen molar-refractivity contribution in [2.24, 2.45) is 0 Å². The Morgan fingerprint density at radius 1 is 1.64 bits per heavy atom. The standard InChI is InChI=1S/C8H16ClNO/c1-6(5-11-2)10-8-3-7(9)4-8/h6-8,10H,3-5H2,1-2H3. The molecule has 3 heteroatoms. The van der Waals surface area contributed by atoms with E-state index >= 15 is 0 Å². The van der Waals surface area contributed by atoms with Crippen LogP contribution in [0, 0.1) is 0 Å². The second-order valence-corrected chi connectivity index (χ2v) is 3.91. The number of ether oxygens (including phenoxy) is 1. The Balaban J connectivity index is 2.02. The minimum absolute atomic E-state index is 0.405. The van der Waals surface area contributed by atoms with E-state index in [1.54, 1.807) is 7.11 Å². The molecular weight excluding hydrogens is 162 g/mol. The van der Waals surface area contributed by atoms with E-state index in [4.69, 9.17) is 16.3 Å². The molecule has 1 aliphatic carbocycles. The van der Waals surface area contributed by atoms with E-state index < -0.39 is 0 Å². The highest BCUT2D eigenvalue weighted by Crippen LogP contribution is 2.25. The third kappa shape index (κ3) is 2.97. The summed E-state index contributed by atoms with van der Waals surface area (Å²) in [4.78, 5) is 0. The summed E-state index contributed by atoms with van der Waals surface area (Å²) >= 11 is 5.83. The van der Waals surface area contributed by atoms with Gasteiger partial charge >= 0.3 is 0 Å². The van der Waals surface area contributed by atoms with Gasteiger partial charge in [-0.05, 0) is 19.8 Å². The van der Waals surface area contributed by atoms with Gasteiger partial charge in [-0.15, -0.1) is 11.6 Å². The van der Waals surface area contributed by atoms with Crippen molar-refractivity contribution in [3.63, 3.8) is 0 Å². The number of halogens is 1. The van der Waals surface area contributed by atoms with Gasteiger partial charge in [0, 0.05) is 24.6 Å². The molecule has 0 aliphatic heterocycles. The molecule has 0 saturated heterocycles. The van der Waals surface area contributed by atoms with Crippen molar-refractivity contribution in [1.29, 1.82) is 0 Å². The van der Waals surface area contributed by atoms with Crippen molar-refractivity contribution in [2.45, 2.75) is 37.2 Å². The lowest BCUT2D eigenvalue weighted by Crippen LogP contribution is -2.47. The molecule has 0 aromatic rings. The third-order valence-electron chi connectivity index (χ3n) is 2.02. The predicted octanol–water partition coefficient (Wildman–Crippen LogP) is 1.38. The molecule has 1 aliphatic rings. The smallest absolute Gasteiger partial charge is 0.0613 e. The summed E-state index contributed by atoms with van der Waals surface area (Å²) in [5.41, 5.74) is 0. The van der Waals surface area contributed by atoms with Crippen LogP contribution in [0.4, 0.5) is 0 Å². The molecule has 0 aromatic heterocycles. The van der Waals surface area contributed by atoms with Crippen LogP contribution in [0.25, 0.3) is 0 Å². The maximum atomic E-state index is 5.83. The number of alkyl halides is 1. The first-order chi connectivity index (χ1) is 5.22. The molecule has 66 valence electrons. The number of rotatable bonds is 4. The normalized spacial score (nSPS) is 33.0. The Hall–Kier alpha value is 0.210. The highest BCUT2D eigenvalue weighted by molar-refractivity contribution is 6.21. The number of methoxy groups -OCH3 is 1. The summed E-state index contributed by atoms with van der Waals surface area (Å²) in [6, 6.07) is 1.08. The van der Waals surface area contributed by atoms with Crippen LogP contribution in [0.15, 0.2) is 0 Å². The summed E-state index contributed by atoms with van der Waals surface area (Å²) in [5, 5.41) is 3.84. The third-order valence-corrected chi connectivity index (χ3v) is 2.37. The molecule has 0 bridgehead atoms. The number of hydrogen-bond acceptors (Lipinski definition) is 2. The lowest BCUT2D eigenvalue weighted by Gasteiger charge is -2.33. The largest absolute Gasteiger partial charge is 0.383 e.